The largest absolute Gasteiger partial charge is 0.348 e. The van der Waals surface area contributed by atoms with Crippen LogP contribution in [0.2, 0.25) is 0 Å². The van der Waals surface area contributed by atoms with E-state index in [1.54, 1.807) is 12.1 Å². The summed E-state index contributed by atoms with van der Waals surface area (Å²) < 4.78 is 23.6. The number of carbonyl (C=O) groups is 1. The van der Waals surface area contributed by atoms with Crippen LogP contribution in [0.15, 0.2) is 71.6 Å². The zero-order chi connectivity index (χ0) is 17.2. The second-order valence-corrected chi connectivity index (χ2v) is 7.62. The molecule has 1 N–H and O–H groups in total. The molecule has 0 heterocycles. The van der Waals surface area contributed by atoms with Crippen LogP contribution in [0.25, 0.3) is 10.8 Å². The Balaban J connectivity index is 1.80. The Kier molecular flexibility index (Phi) is 4.36. The van der Waals surface area contributed by atoms with E-state index >= 15 is 0 Å². The Labute approximate surface area is 141 Å². The molecular formula is C19H17NO3S. The normalized spacial score (nSPS) is 11.4. The van der Waals surface area contributed by atoms with Crippen molar-refractivity contribution in [2.24, 2.45) is 0 Å². The number of hydrogen-bond donors (Lipinski definition) is 1. The Morgan fingerprint density at radius 3 is 2.33 bits per heavy atom. The van der Waals surface area contributed by atoms with Crippen molar-refractivity contribution in [2.45, 2.75) is 11.4 Å². The number of rotatable bonds is 4. The average molecular weight is 339 g/mol. The third-order valence-corrected chi connectivity index (χ3v) is 4.95. The fourth-order valence-corrected chi connectivity index (χ4v) is 3.49. The third kappa shape index (κ3) is 3.46. The standard InChI is InChI=1S/C19H17NO3S/c1-24(22,23)18-9-5-4-8-17(18)19(21)20-13-14-10-11-15-6-2-3-7-16(15)12-14/h2-12H,13H2,1H3,(H,20,21). The average Bonchev–Trinajstić information content (AvgIpc) is 2.58. The molecule has 0 fully saturated rings. The van der Waals surface area contributed by atoms with E-state index in [2.05, 4.69) is 5.32 Å². The van der Waals surface area contributed by atoms with E-state index in [-0.39, 0.29) is 10.5 Å². The summed E-state index contributed by atoms with van der Waals surface area (Å²) in [5.41, 5.74) is 1.12. The van der Waals surface area contributed by atoms with Gasteiger partial charge in [0.2, 0.25) is 0 Å². The van der Waals surface area contributed by atoms with Gasteiger partial charge in [-0.15, -0.1) is 0 Å². The summed E-state index contributed by atoms with van der Waals surface area (Å²) in [6, 6.07) is 20.2. The van der Waals surface area contributed by atoms with Gasteiger partial charge < -0.3 is 5.32 Å². The molecule has 0 saturated carbocycles. The van der Waals surface area contributed by atoms with Gasteiger partial charge in [0, 0.05) is 12.8 Å². The summed E-state index contributed by atoms with van der Waals surface area (Å²) >= 11 is 0. The number of benzene rings is 3. The highest BCUT2D eigenvalue weighted by atomic mass is 32.2. The van der Waals surface area contributed by atoms with Crippen LogP contribution < -0.4 is 5.32 Å². The number of sulfone groups is 1. The van der Waals surface area contributed by atoms with E-state index in [4.69, 9.17) is 0 Å². The molecule has 0 aliphatic rings. The first-order valence-electron chi connectivity index (χ1n) is 7.50. The van der Waals surface area contributed by atoms with Gasteiger partial charge >= 0.3 is 0 Å². The van der Waals surface area contributed by atoms with Crippen molar-refractivity contribution in [1.29, 1.82) is 0 Å². The molecule has 0 aromatic heterocycles. The molecule has 3 aromatic carbocycles. The van der Waals surface area contributed by atoms with Crippen LogP contribution in [0.4, 0.5) is 0 Å². The van der Waals surface area contributed by atoms with Gasteiger partial charge in [-0.2, -0.15) is 0 Å². The van der Waals surface area contributed by atoms with Gasteiger partial charge in [0.25, 0.3) is 5.91 Å². The quantitative estimate of drug-likeness (QED) is 0.794. The van der Waals surface area contributed by atoms with Crippen LogP contribution in [0.3, 0.4) is 0 Å². The minimum absolute atomic E-state index is 0.0426. The van der Waals surface area contributed by atoms with Gasteiger partial charge in [-0.05, 0) is 34.5 Å². The van der Waals surface area contributed by atoms with Crippen LogP contribution in [0.5, 0.6) is 0 Å². The number of nitrogens with one attached hydrogen (secondary N) is 1. The van der Waals surface area contributed by atoms with Crippen molar-refractivity contribution < 1.29 is 13.2 Å². The third-order valence-electron chi connectivity index (χ3n) is 3.80. The lowest BCUT2D eigenvalue weighted by Gasteiger charge is -2.09. The van der Waals surface area contributed by atoms with Gasteiger partial charge in [0.15, 0.2) is 9.84 Å². The number of carbonyl (C=O) groups excluding carboxylic acids is 1. The second kappa shape index (κ2) is 6.45. The van der Waals surface area contributed by atoms with Gasteiger partial charge in [0.1, 0.15) is 0 Å². The lowest BCUT2D eigenvalue weighted by atomic mass is 10.1. The highest BCUT2D eigenvalue weighted by Gasteiger charge is 2.17. The molecule has 0 atom stereocenters. The van der Waals surface area contributed by atoms with Crippen molar-refractivity contribution in [2.75, 3.05) is 6.26 Å². The Bertz CT molecular complexity index is 1010. The molecule has 4 nitrogen and oxygen atoms in total. The minimum atomic E-state index is -3.45. The Morgan fingerprint density at radius 2 is 1.58 bits per heavy atom. The van der Waals surface area contributed by atoms with Crippen LogP contribution in [0, 0.1) is 0 Å². The highest BCUT2D eigenvalue weighted by molar-refractivity contribution is 7.90. The highest BCUT2D eigenvalue weighted by Crippen LogP contribution is 2.17. The van der Waals surface area contributed by atoms with Gasteiger partial charge in [-0.25, -0.2) is 8.42 Å². The van der Waals surface area contributed by atoms with Crippen LogP contribution in [-0.4, -0.2) is 20.6 Å². The molecule has 122 valence electrons. The molecule has 0 spiro atoms. The van der Waals surface area contributed by atoms with Crippen molar-refractivity contribution >= 4 is 26.5 Å². The SMILES string of the molecule is CS(=O)(=O)c1ccccc1C(=O)NCc1ccc2ccccc2c1. The van der Waals surface area contributed by atoms with Gasteiger partial charge in [0.05, 0.1) is 10.5 Å². The molecule has 0 unspecified atom stereocenters. The van der Waals surface area contributed by atoms with Crippen molar-refractivity contribution in [3.05, 3.63) is 77.9 Å². The number of fused-ring (bicyclic) bond motifs is 1. The monoisotopic (exact) mass is 339 g/mol. The zero-order valence-corrected chi connectivity index (χ0v) is 14.0. The summed E-state index contributed by atoms with van der Waals surface area (Å²) in [5.74, 6) is -0.399. The fraction of sp³-hybridized carbons (Fsp3) is 0.105. The maximum atomic E-state index is 12.4. The Hall–Kier alpha value is -2.66. The van der Waals surface area contributed by atoms with E-state index in [0.29, 0.717) is 6.54 Å². The number of amides is 1. The summed E-state index contributed by atoms with van der Waals surface area (Å²) in [6.45, 7) is 0.335. The molecular weight excluding hydrogens is 322 g/mol. The molecule has 3 aromatic rings. The maximum Gasteiger partial charge on any atom is 0.252 e. The van der Waals surface area contributed by atoms with Crippen molar-refractivity contribution in [3.63, 3.8) is 0 Å². The first-order valence-corrected chi connectivity index (χ1v) is 9.39. The van der Waals surface area contributed by atoms with E-state index in [1.165, 1.54) is 12.1 Å². The maximum absolute atomic E-state index is 12.4. The molecule has 0 aliphatic carbocycles. The minimum Gasteiger partial charge on any atom is -0.348 e. The van der Waals surface area contributed by atoms with Crippen molar-refractivity contribution in [3.8, 4) is 0 Å². The van der Waals surface area contributed by atoms with Crippen LogP contribution in [0.1, 0.15) is 15.9 Å². The lowest BCUT2D eigenvalue weighted by Crippen LogP contribution is -2.24. The van der Waals surface area contributed by atoms with Crippen LogP contribution in [-0.2, 0) is 16.4 Å². The van der Waals surface area contributed by atoms with E-state index in [0.717, 1.165) is 22.6 Å². The molecule has 0 saturated heterocycles. The molecule has 0 radical (unpaired) electrons. The van der Waals surface area contributed by atoms with Gasteiger partial charge in [-0.1, -0.05) is 48.5 Å². The lowest BCUT2D eigenvalue weighted by molar-refractivity contribution is 0.0947. The van der Waals surface area contributed by atoms with E-state index in [9.17, 15) is 13.2 Å². The summed E-state index contributed by atoms with van der Waals surface area (Å²) in [7, 11) is -3.45. The smallest absolute Gasteiger partial charge is 0.252 e. The first kappa shape index (κ1) is 16.2. The van der Waals surface area contributed by atoms with E-state index in [1.807, 2.05) is 42.5 Å². The summed E-state index contributed by atoms with van der Waals surface area (Å²) in [6.07, 6.45) is 1.10. The van der Waals surface area contributed by atoms with E-state index < -0.39 is 15.7 Å². The molecule has 0 aliphatic heterocycles. The molecule has 3 rings (SSSR count). The molecule has 0 bridgehead atoms. The molecule has 1 amide bonds. The van der Waals surface area contributed by atoms with Crippen LogP contribution >= 0.6 is 0 Å². The topological polar surface area (TPSA) is 63.2 Å². The predicted octanol–water partition coefficient (Wildman–Crippen LogP) is 3.17. The first-order chi connectivity index (χ1) is 11.4. The fourth-order valence-electron chi connectivity index (χ4n) is 2.60. The summed E-state index contributed by atoms with van der Waals surface area (Å²) in [4.78, 5) is 12.4. The van der Waals surface area contributed by atoms with Crippen molar-refractivity contribution in [1.82, 2.24) is 5.32 Å². The predicted molar refractivity (Wildman–Crippen MR) is 94.7 cm³/mol. The Morgan fingerprint density at radius 1 is 0.917 bits per heavy atom. The zero-order valence-electron chi connectivity index (χ0n) is 13.2. The second-order valence-electron chi connectivity index (χ2n) is 5.63. The summed E-state index contributed by atoms with van der Waals surface area (Å²) in [5, 5.41) is 5.02. The molecule has 24 heavy (non-hydrogen) atoms. The van der Waals surface area contributed by atoms with Gasteiger partial charge in [-0.3, -0.25) is 4.79 Å². The number of hydrogen-bond acceptors (Lipinski definition) is 3. The molecule has 5 heteroatoms.